The maximum Gasteiger partial charge on any atom is 0.340 e. The van der Waals surface area contributed by atoms with Crippen LogP contribution in [0.3, 0.4) is 0 Å². The predicted octanol–water partition coefficient (Wildman–Crippen LogP) is 8.99. The van der Waals surface area contributed by atoms with Crippen molar-refractivity contribution in [3.8, 4) is 22.9 Å². The highest BCUT2D eigenvalue weighted by molar-refractivity contribution is 5.97. The lowest BCUT2D eigenvalue weighted by Gasteiger charge is -2.38. The van der Waals surface area contributed by atoms with Gasteiger partial charge in [0.05, 0.1) is 16.8 Å². The molecule has 7 nitrogen and oxygen atoms in total. The first-order valence-electron chi connectivity index (χ1n) is 17.0. The Kier molecular flexibility index (Phi) is 9.29. The van der Waals surface area contributed by atoms with E-state index in [0.29, 0.717) is 40.3 Å². The van der Waals surface area contributed by atoms with Gasteiger partial charge in [0.15, 0.2) is 5.60 Å². The number of nitrogens with zero attached hydrogens (tertiary/aromatic N) is 4. The van der Waals surface area contributed by atoms with Gasteiger partial charge in [-0.05, 0) is 50.3 Å². The van der Waals surface area contributed by atoms with Crippen LogP contribution in [-0.4, -0.2) is 42.1 Å². The van der Waals surface area contributed by atoms with Crippen LogP contribution < -0.4 is 14.5 Å². The van der Waals surface area contributed by atoms with Crippen molar-refractivity contribution in [1.82, 2.24) is 9.97 Å². The normalized spacial score (nSPS) is 16.1. The molecule has 7 heteroatoms. The zero-order chi connectivity index (χ0) is 32.3. The van der Waals surface area contributed by atoms with Crippen LogP contribution in [0, 0.1) is 5.92 Å². The van der Waals surface area contributed by atoms with E-state index >= 15 is 0 Å². The standard InChI is InChI=1S/C39H46N4O3/c1-6-9-23-43(24-10-7-2)38-40-35(28-16-12-11-13-17-28)34-36(41-38)45-33-26-29(42(8-3)25-22-27(4)5)20-21-32(33)39(34)31-19-15-14-18-30(31)37(44)46-39/h11-21,26-27H,6-10,22-25H2,1-5H3. The highest BCUT2D eigenvalue weighted by atomic mass is 16.6. The van der Waals surface area contributed by atoms with Crippen molar-refractivity contribution < 1.29 is 14.3 Å². The largest absolute Gasteiger partial charge is 0.440 e. The van der Waals surface area contributed by atoms with Gasteiger partial charge in [0.2, 0.25) is 11.8 Å². The van der Waals surface area contributed by atoms with Crippen molar-refractivity contribution >= 4 is 17.6 Å². The van der Waals surface area contributed by atoms with Crippen LogP contribution in [0.25, 0.3) is 11.3 Å². The fraction of sp³-hybridized carbons (Fsp3) is 0.410. The Morgan fingerprint density at radius 3 is 2.22 bits per heavy atom. The average Bonchev–Trinajstić information content (AvgIpc) is 3.37. The van der Waals surface area contributed by atoms with Gasteiger partial charge >= 0.3 is 5.97 Å². The number of unbranched alkanes of at least 4 members (excludes halogenated alkanes) is 2. The van der Waals surface area contributed by atoms with Gasteiger partial charge in [0.25, 0.3) is 0 Å². The highest BCUT2D eigenvalue weighted by Crippen LogP contribution is 2.58. The quantitative estimate of drug-likeness (QED) is 0.139. The molecule has 0 radical (unpaired) electrons. The number of carbonyl (C=O) groups excluding carboxylic acids is 1. The topological polar surface area (TPSA) is 67.8 Å². The van der Waals surface area contributed by atoms with Crippen LogP contribution in [0.15, 0.2) is 72.8 Å². The van der Waals surface area contributed by atoms with Gasteiger partial charge in [-0.1, -0.05) is 89.1 Å². The average molecular weight is 619 g/mol. The fourth-order valence-electron chi connectivity index (χ4n) is 6.58. The Morgan fingerprint density at radius 1 is 0.804 bits per heavy atom. The second-order valence-corrected chi connectivity index (χ2v) is 12.8. The zero-order valence-electron chi connectivity index (χ0n) is 27.9. The highest BCUT2D eigenvalue weighted by Gasteiger charge is 2.56. The van der Waals surface area contributed by atoms with Gasteiger partial charge < -0.3 is 19.3 Å². The molecule has 0 amide bonds. The number of hydrogen-bond acceptors (Lipinski definition) is 7. The van der Waals surface area contributed by atoms with Crippen LogP contribution in [0.5, 0.6) is 11.6 Å². The molecule has 3 aromatic carbocycles. The summed E-state index contributed by atoms with van der Waals surface area (Å²) in [5.41, 5.74) is 4.23. The summed E-state index contributed by atoms with van der Waals surface area (Å²) in [6.45, 7) is 14.6. The number of benzene rings is 3. The molecule has 3 heterocycles. The Bertz CT molecular complexity index is 1680. The van der Waals surface area contributed by atoms with Gasteiger partial charge in [0.1, 0.15) is 5.75 Å². The minimum atomic E-state index is -1.26. The Labute approximate surface area is 273 Å². The summed E-state index contributed by atoms with van der Waals surface area (Å²) < 4.78 is 13.4. The third-order valence-electron chi connectivity index (χ3n) is 9.16. The number of rotatable bonds is 13. The van der Waals surface area contributed by atoms with E-state index in [1.807, 2.05) is 42.5 Å². The van der Waals surface area contributed by atoms with E-state index in [1.54, 1.807) is 0 Å². The maximum atomic E-state index is 13.7. The molecular formula is C39H46N4O3. The number of aromatic nitrogens is 2. The van der Waals surface area contributed by atoms with E-state index in [1.165, 1.54) is 0 Å². The summed E-state index contributed by atoms with van der Waals surface area (Å²) in [7, 11) is 0. The van der Waals surface area contributed by atoms with Crippen molar-refractivity contribution in [2.24, 2.45) is 5.92 Å². The van der Waals surface area contributed by atoms with Crippen molar-refractivity contribution in [3.05, 3.63) is 95.1 Å². The number of esters is 1. The van der Waals surface area contributed by atoms with Crippen molar-refractivity contribution in [2.45, 2.75) is 72.3 Å². The lowest BCUT2D eigenvalue weighted by atomic mass is 9.77. The molecule has 1 unspecified atom stereocenters. The first-order valence-corrected chi connectivity index (χ1v) is 17.0. The molecule has 46 heavy (non-hydrogen) atoms. The first kappa shape index (κ1) is 31.6. The fourth-order valence-corrected chi connectivity index (χ4v) is 6.58. The molecule has 1 atom stereocenters. The maximum absolute atomic E-state index is 13.7. The molecule has 2 aliphatic heterocycles. The van der Waals surface area contributed by atoms with Crippen LogP contribution >= 0.6 is 0 Å². The van der Waals surface area contributed by atoms with Crippen molar-refractivity contribution in [1.29, 1.82) is 0 Å². The predicted molar refractivity (Wildman–Crippen MR) is 185 cm³/mol. The van der Waals surface area contributed by atoms with Gasteiger partial charge in [-0.25, -0.2) is 9.78 Å². The summed E-state index contributed by atoms with van der Waals surface area (Å²) in [6.07, 6.45) is 5.32. The smallest absolute Gasteiger partial charge is 0.340 e. The van der Waals surface area contributed by atoms with Gasteiger partial charge in [-0.3, -0.25) is 0 Å². The van der Waals surface area contributed by atoms with Crippen LogP contribution in [0.2, 0.25) is 0 Å². The lowest BCUT2D eigenvalue weighted by molar-refractivity contribution is 0.0222. The molecule has 1 aromatic heterocycles. The van der Waals surface area contributed by atoms with E-state index in [-0.39, 0.29) is 5.97 Å². The minimum Gasteiger partial charge on any atom is -0.440 e. The molecular weight excluding hydrogens is 572 g/mol. The second-order valence-electron chi connectivity index (χ2n) is 12.8. The third kappa shape index (κ3) is 5.72. The molecule has 0 bridgehead atoms. The second kappa shape index (κ2) is 13.5. The number of anilines is 2. The SMILES string of the molecule is CCCCN(CCCC)c1nc2c(c(-c3ccccc3)n1)C1(OC(=O)c3ccccc31)c1ccc(N(CC)CCC(C)C)cc1O2. The molecule has 0 saturated carbocycles. The molecule has 2 aliphatic rings. The van der Waals surface area contributed by atoms with Crippen molar-refractivity contribution in [3.63, 3.8) is 0 Å². The van der Waals surface area contributed by atoms with Crippen LogP contribution in [0.1, 0.15) is 93.8 Å². The molecule has 240 valence electrons. The summed E-state index contributed by atoms with van der Waals surface area (Å²) in [5, 5.41) is 0. The molecule has 0 aliphatic carbocycles. The number of ether oxygens (including phenoxy) is 2. The summed E-state index contributed by atoms with van der Waals surface area (Å²) in [6, 6.07) is 24.1. The van der Waals surface area contributed by atoms with Gasteiger partial charge in [0, 0.05) is 54.6 Å². The molecule has 0 saturated heterocycles. The monoisotopic (exact) mass is 618 g/mol. The molecule has 4 aromatic rings. The molecule has 6 rings (SSSR count). The Morgan fingerprint density at radius 2 is 1.52 bits per heavy atom. The Hall–Kier alpha value is -4.39. The lowest BCUT2D eigenvalue weighted by Crippen LogP contribution is -2.36. The number of hydrogen-bond donors (Lipinski definition) is 0. The minimum absolute atomic E-state index is 0.360. The van der Waals surface area contributed by atoms with E-state index in [9.17, 15) is 4.79 Å². The molecule has 0 fully saturated rings. The summed E-state index contributed by atoms with van der Waals surface area (Å²) in [5.74, 6) is 1.96. The zero-order valence-corrected chi connectivity index (χ0v) is 27.9. The van der Waals surface area contributed by atoms with Crippen LogP contribution in [-0.2, 0) is 10.3 Å². The molecule has 0 N–H and O–H groups in total. The van der Waals surface area contributed by atoms with Crippen molar-refractivity contribution in [2.75, 3.05) is 36.0 Å². The van der Waals surface area contributed by atoms with E-state index in [4.69, 9.17) is 19.4 Å². The summed E-state index contributed by atoms with van der Waals surface area (Å²) >= 11 is 0. The van der Waals surface area contributed by atoms with Gasteiger partial charge in [-0.2, -0.15) is 4.98 Å². The van der Waals surface area contributed by atoms with Crippen LogP contribution in [0.4, 0.5) is 11.6 Å². The van der Waals surface area contributed by atoms with E-state index in [2.05, 4.69) is 74.8 Å². The number of fused-ring (bicyclic) bond motifs is 6. The van der Waals surface area contributed by atoms with E-state index < -0.39 is 5.60 Å². The third-order valence-corrected chi connectivity index (χ3v) is 9.16. The van der Waals surface area contributed by atoms with E-state index in [0.717, 1.165) is 80.7 Å². The first-order chi connectivity index (χ1) is 22.4. The molecule has 1 spiro atoms. The Balaban J connectivity index is 1.61. The summed E-state index contributed by atoms with van der Waals surface area (Å²) in [4.78, 5) is 28.8. The van der Waals surface area contributed by atoms with Gasteiger partial charge in [-0.15, -0.1) is 0 Å². The number of carbonyl (C=O) groups is 1.